The van der Waals surface area contributed by atoms with E-state index in [1.54, 1.807) is 0 Å². The van der Waals surface area contributed by atoms with Crippen LogP contribution in [0.5, 0.6) is 0 Å². The van der Waals surface area contributed by atoms with Crippen molar-refractivity contribution in [3.8, 4) is 0 Å². The summed E-state index contributed by atoms with van der Waals surface area (Å²) in [5.41, 5.74) is 2.49. The van der Waals surface area contributed by atoms with Crippen LogP contribution in [0.1, 0.15) is 34.3 Å². The minimum absolute atomic E-state index is 0.0718. The van der Waals surface area contributed by atoms with Crippen LogP contribution in [0.2, 0.25) is 0 Å². The molecule has 2 fully saturated rings. The molecule has 25 heavy (non-hydrogen) atoms. The molecule has 0 amide bonds. The first-order valence-corrected chi connectivity index (χ1v) is 8.91. The van der Waals surface area contributed by atoms with Gasteiger partial charge in [0.2, 0.25) is 0 Å². The van der Waals surface area contributed by atoms with E-state index in [9.17, 15) is 9.59 Å². The highest BCUT2D eigenvalue weighted by Gasteiger charge is 2.83. The number of carbonyl (C=O) groups is 2. The van der Waals surface area contributed by atoms with Crippen molar-refractivity contribution in [2.75, 3.05) is 7.11 Å². The van der Waals surface area contributed by atoms with E-state index >= 15 is 0 Å². The molecule has 4 aliphatic rings. The first-order chi connectivity index (χ1) is 12.1. The molecule has 4 aliphatic carbocycles. The summed E-state index contributed by atoms with van der Waals surface area (Å²) in [4.78, 5) is 26.2. The zero-order valence-corrected chi connectivity index (χ0v) is 14.3. The van der Waals surface area contributed by atoms with Gasteiger partial charge in [-0.15, -0.1) is 0 Å². The van der Waals surface area contributed by atoms with Crippen LogP contribution in [0.25, 0.3) is 0 Å². The van der Waals surface area contributed by atoms with E-state index in [0.717, 1.165) is 11.1 Å². The van der Waals surface area contributed by atoms with Gasteiger partial charge in [0, 0.05) is 11.5 Å². The maximum absolute atomic E-state index is 13.6. The smallest absolute Gasteiger partial charge is 0.309 e. The molecule has 0 saturated heterocycles. The zero-order valence-electron chi connectivity index (χ0n) is 14.3. The zero-order chi connectivity index (χ0) is 17.3. The first kappa shape index (κ1) is 14.9. The first-order valence-electron chi connectivity index (χ1n) is 8.91. The summed E-state index contributed by atoms with van der Waals surface area (Å²) in [5, 5.41) is 0. The molecule has 2 aromatic rings. The number of hydrogen-bond donors (Lipinski definition) is 0. The number of benzene rings is 2. The standard InChI is InChI=1S/C22H20O3/c1-12-16-14-10-6-7-11-15(14)22(20(23)13-8-4-3-5-9-13)18(12)19(22)17(16)21(24)25-2/h3-12,16-19H,1-2H3/t12?,16-,17+,18-,19?,22?/m1/s1. The predicted molar refractivity (Wildman–Crippen MR) is 93.3 cm³/mol. The van der Waals surface area contributed by atoms with E-state index in [1.165, 1.54) is 12.7 Å². The molecule has 3 heteroatoms. The number of methoxy groups -OCH3 is 1. The van der Waals surface area contributed by atoms with Gasteiger partial charge in [-0.3, -0.25) is 9.59 Å². The van der Waals surface area contributed by atoms with Gasteiger partial charge in [0.1, 0.15) is 0 Å². The third-order valence-electron chi connectivity index (χ3n) is 6.89. The largest absolute Gasteiger partial charge is 0.469 e. The number of carbonyl (C=O) groups excluding carboxylic acids is 2. The normalized spacial score (nSPS) is 36.5. The summed E-state index contributed by atoms with van der Waals surface area (Å²) in [6.45, 7) is 2.20. The molecule has 126 valence electrons. The second-order valence-corrected chi connectivity index (χ2v) is 7.64. The number of esters is 1. The Hall–Kier alpha value is -2.42. The average molecular weight is 332 g/mol. The molecular weight excluding hydrogens is 312 g/mol. The van der Waals surface area contributed by atoms with Crippen LogP contribution < -0.4 is 0 Å². The molecule has 0 radical (unpaired) electrons. The summed E-state index contributed by atoms with van der Waals surface area (Å²) in [5.74, 6) is 0.594. The Labute approximate surface area is 147 Å². The maximum atomic E-state index is 13.6. The van der Waals surface area contributed by atoms with Crippen molar-refractivity contribution in [3.05, 3.63) is 71.3 Å². The molecule has 3 unspecified atom stereocenters. The lowest BCUT2D eigenvalue weighted by molar-refractivity contribution is -0.147. The maximum Gasteiger partial charge on any atom is 0.309 e. The molecule has 6 atom stereocenters. The summed E-state index contributed by atoms with van der Waals surface area (Å²) >= 11 is 0. The van der Waals surface area contributed by atoms with E-state index in [4.69, 9.17) is 4.74 Å². The van der Waals surface area contributed by atoms with E-state index in [1.807, 2.05) is 42.5 Å². The molecule has 2 saturated carbocycles. The number of ether oxygens (including phenoxy) is 1. The second kappa shape index (κ2) is 4.81. The molecule has 6 rings (SSSR count). The van der Waals surface area contributed by atoms with Gasteiger partial charge in [0.15, 0.2) is 5.78 Å². The van der Waals surface area contributed by atoms with E-state index in [0.29, 0.717) is 5.92 Å². The fourth-order valence-electron chi connectivity index (χ4n) is 6.15. The summed E-state index contributed by atoms with van der Waals surface area (Å²) in [7, 11) is 1.45. The number of hydrogen-bond acceptors (Lipinski definition) is 3. The molecular formula is C22H20O3. The molecule has 2 aromatic carbocycles. The Balaban J connectivity index is 1.73. The van der Waals surface area contributed by atoms with E-state index < -0.39 is 5.41 Å². The van der Waals surface area contributed by atoms with Crippen LogP contribution in [-0.2, 0) is 14.9 Å². The average Bonchev–Trinajstić information content (AvgIpc) is 3.29. The van der Waals surface area contributed by atoms with Gasteiger partial charge >= 0.3 is 5.97 Å². The quantitative estimate of drug-likeness (QED) is 0.637. The van der Waals surface area contributed by atoms with Crippen molar-refractivity contribution in [1.82, 2.24) is 0 Å². The van der Waals surface area contributed by atoms with Gasteiger partial charge in [0.25, 0.3) is 0 Å². The lowest BCUT2D eigenvalue weighted by atomic mass is 9.62. The lowest BCUT2D eigenvalue weighted by Crippen LogP contribution is -2.42. The highest BCUT2D eigenvalue weighted by Crippen LogP contribution is 2.80. The van der Waals surface area contributed by atoms with Gasteiger partial charge in [-0.2, -0.15) is 0 Å². The Bertz CT molecular complexity index is 887. The number of Topliss-reactive ketones (excluding diaryl/α,β-unsaturated/α-hetero) is 1. The number of ketones is 1. The van der Waals surface area contributed by atoms with E-state index in [2.05, 4.69) is 19.1 Å². The summed E-state index contributed by atoms with van der Waals surface area (Å²) in [6.07, 6.45) is 0. The van der Waals surface area contributed by atoms with Crippen LogP contribution in [-0.4, -0.2) is 18.9 Å². The second-order valence-electron chi connectivity index (χ2n) is 7.64. The molecule has 0 N–H and O–H groups in total. The highest BCUT2D eigenvalue weighted by molar-refractivity contribution is 6.09. The van der Waals surface area contributed by atoms with Gasteiger partial charge in [0.05, 0.1) is 18.4 Å². The summed E-state index contributed by atoms with van der Waals surface area (Å²) < 4.78 is 5.13. The van der Waals surface area contributed by atoms with Crippen molar-refractivity contribution in [1.29, 1.82) is 0 Å². The minimum Gasteiger partial charge on any atom is -0.469 e. The van der Waals surface area contributed by atoms with Crippen LogP contribution in [0.4, 0.5) is 0 Å². The van der Waals surface area contributed by atoms with Crippen molar-refractivity contribution < 1.29 is 14.3 Å². The Morgan fingerprint density at radius 3 is 2.36 bits per heavy atom. The summed E-state index contributed by atoms with van der Waals surface area (Å²) in [6, 6.07) is 17.7. The molecule has 0 spiro atoms. The van der Waals surface area contributed by atoms with Crippen LogP contribution in [0.3, 0.4) is 0 Å². The van der Waals surface area contributed by atoms with Crippen molar-refractivity contribution >= 4 is 11.8 Å². The fourth-order valence-corrected chi connectivity index (χ4v) is 6.15. The topological polar surface area (TPSA) is 43.4 Å². The SMILES string of the molecule is COC(=O)[C@@H]1C2[C@H]3C(C)[C@@H]1c1ccccc1C23C(=O)c1ccccc1. The molecule has 0 aliphatic heterocycles. The third-order valence-corrected chi connectivity index (χ3v) is 6.89. The predicted octanol–water partition coefficient (Wildman–Crippen LogP) is 3.59. The molecule has 4 bridgehead atoms. The highest BCUT2D eigenvalue weighted by atomic mass is 16.5. The molecule has 0 heterocycles. The van der Waals surface area contributed by atoms with Crippen molar-refractivity contribution in [2.45, 2.75) is 18.3 Å². The fraction of sp³-hybridized carbons (Fsp3) is 0.364. The van der Waals surface area contributed by atoms with Crippen molar-refractivity contribution in [3.63, 3.8) is 0 Å². The lowest BCUT2D eigenvalue weighted by Gasteiger charge is -2.40. The molecule has 3 nitrogen and oxygen atoms in total. The van der Waals surface area contributed by atoms with Gasteiger partial charge < -0.3 is 4.74 Å². The third kappa shape index (κ3) is 1.57. The van der Waals surface area contributed by atoms with Gasteiger partial charge in [-0.25, -0.2) is 0 Å². The van der Waals surface area contributed by atoms with Gasteiger partial charge in [-0.1, -0.05) is 61.5 Å². The monoisotopic (exact) mass is 332 g/mol. The van der Waals surface area contributed by atoms with Gasteiger partial charge in [-0.05, 0) is 28.9 Å². The van der Waals surface area contributed by atoms with Crippen LogP contribution >= 0.6 is 0 Å². The van der Waals surface area contributed by atoms with Crippen LogP contribution in [0, 0.1) is 23.7 Å². The number of rotatable bonds is 3. The Morgan fingerprint density at radius 2 is 1.64 bits per heavy atom. The van der Waals surface area contributed by atoms with E-state index in [-0.39, 0.29) is 35.4 Å². The van der Waals surface area contributed by atoms with Crippen molar-refractivity contribution in [2.24, 2.45) is 23.7 Å². The van der Waals surface area contributed by atoms with Crippen LogP contribution in [0.15, 0.2) is 54.6 Å². The molecule has 0 aromatic heterocycles. The Morgan fingerprint density at radius 1 is 0.960 bits per heavy atom. The minimum atomic E-state index is -0.551. The Kier molecular flexibility index (Phi) is 2.87.